The molecule has 12 heteroatoms. The van der Waals surface area contributed by atoms with E-state index in [1.165, 1.54) is 17.0 Å². The van der Waals surface area contributed by atoms with E-state index in [2.05, 4.69) is 5.32 Å². The molecule has 176 valence electrons. The van der Waals surface area contributed by atoms with Crippen LogP contribution in [-0.4, -0.2) is 67.9 Å². The second-order valence-corrected chi connectivity index (χ2v) is 7.75. The van der Waals surface area contributed by atoms with Crippen molar-refractivity contribution in [1.82, 2.24) is 4.90 Å². The van der Waals surface area contributed by atoms with Crippen LogP contribution in [0.15, 0.2) is 18.2 Å². The number of nitrogens with one attached hydrogen (secondary N) is 1. The van der Waals surface area contributed by atoms with Crippen molar-refractivity contribution in [3.63, 3.8) is 0 Å². The first-order valence-corrected chi connectivity index (χ1v) is 10.1. The Labute approximate surface area is 181 Å². The number of hydrogen-bond donors (Lipinski definition) is 2. The van der Waals surface area contributed by atoms with Crippen molar-refractivity contribution >= 4 is 29.1 Å². The van der Waals surface area contributed by atoms with Gasteiger partial charge in [0.25, 0.3) is 24.7 Å². The maximum absolute atomic E-state index is 13.7. The summed E-state index contributed by atoms with van der Waals surface area (Å²) in [5.41, 5.74) is 4.62. The van der Waals surface area contributed by atoms with Gasteiger partial charge in [-0.1, -0.05) is 0 Å². The highest BCUT2D eigenvalue weighted by atomic mass is 19.3. The summed E-state index contributed by atoms with van der Waals surface area (Å²) in [7, 11) is 0. The van der Waals surface area contributed by atoms with Crippen molar-refractivity contribution in [2.24, 2.45) is 11.7 Å². The summed E-state index contributed by atoms with van der Waals surface area (Å²) in [6.45, 7) is -0.525. The van der Waals surface area contributed by atoms with E-state index in [1.54, 1.807) is 0 Å². The quantitative estimate of drug-likeness (QED) is 0.409. The Balaban J connectivity index is 1.83. The fraction of sp³-hybridized carbons (Fsp3) is 0.550. The molecule has 2 fully saturated rings. The van der Waals surface area contributed by atoms with Crippen molar-refractivity contribution in [3.05, 3.63) is 23.8 Å². The minimum Gasteiger partial charge on any atom is -0.370 e. The van der Waals surface area contributed by atoms with Crippen LogP contribution in [0.25, 0.3) is 0 Å². The Kier molecular flexibility index (Phi) is 7.67. The molecule has 32 heavy (non-hydrogen) atoms. The average Bonchev–Trinajstić information content (AvgIpc) is 3.52. The predicted octanol–water partition coefficient (Wildman–Crippen LogP) is 1.76. The van der Waals surface area contributed by atoms with Gasteiger partial charge in [0.15, 0.2) is 6.04 Å². The van der Waals surface area contributed by atoms with Crippen LogP contribution in [0.3, 0.4) is 0 Å². The van der Waals surface area contributed by atoms with Crippen LogP contribution in [0.5, 0.6) is 0 Å². The Morgan fingerprint density at radius 2 is 1.97 bits per heavy atom. The van der Waals surface area contributed by atoms with Crippen LogP contribution < -0.4 is 16.0 Å². The van der Waals surface area contributed by atoms with E-state index in [0.717, 1.165) is 23.8 Å². The molecule has 3 N–H and O–H groups in total. The van der Waals surface area contributed by atoms with Crippen LogP contribution in [0.2, 0.25) is 0 Å². The maximum atomic E-state index is 13.7. The number of amides is 3. The number of carbonyl (C=O) groups is 3. The molecule has 1 aliphatic heterocycles. The molecule has 0 unspecified atom stereocenters. The van der Waals surface area contributed by atoms with E-state index < -0.39 is 48.7 Å². The number of alkyl halides is 4. The molecule has 1 aromatic carbocycles. The number of hydrogen-bond acceptors (Lipinski definition) is 5. The molecule has 3 rings (SSSR count). The molecule has 1 saturated carbocycles. The summed E-state index contributed by atoms with van der Waals surface area (Å²) >= 11 is 0. The van der Waals surface area contributed by atoms with E-state index in [4.69, 9.17) is 10.5 Å². The van der Waals surface area contributed by atoms with Crippen LogP contribution in [0.1, 0.15) is 24.8 Å². The van der Waals surface area contributed by atoms with Crippen LogP contribution in [0.4, 0.5) is 28.9 Å². The minimum absolute atomic E-state index is 0.0744. The molecule has 0 radical (unpaired) electrons. The molecule has 8 nitrogen and oxygen atoms in total. The highest BCUT2D eigenvalue weighted by Crippen LogP contribution is 2.33. The molecular weight excluding hydrogens is 436 g/mol. The van der Waals surface area contributed by atoms with Gasteiger partial charge in [0.05, 0.1) is 13.2 Å². The van der Waals surface area contributed by atoms with Crippen molar-refractivity contribution in [2.75, 3.05) is 43.1 Å². The molecule has 0 spiro atoms. The number of benzene rings is 1. The number of carbonyl (C=O) groups excluding carboxylic acids is 3. The zero-order valence-electron chi connectivity index (χ0n) is 17.1. The zero-order valence-corrected chi connectivity index (χ0v) is 17.1. The molecule has 0 bridgehead atoms. The SMILES string of the molecule is NC(=O)[C@H](C(=O)Nc1ccc(N2CCOCC2=O)cc1C(F)F)N(CC(F)F)CC1CC1. The van der Waals surface area contributed by atoms with Crippen molar-refractivity contribution in [3.8, 4) is 0 Å². The number of primary amides is 1. The van der Waals surface area contributed by atoms with Crippen molar-refractivity contribution in [2.45, 2.75) is 31.7 Å². The van der Waals surface area contributed by atoms with E-state index in [-0.39, 0.29) is 43.6 Å². The summed E-state index contributed by atoms with van der Waals surface area (Å²) in [5, 5.41) is 2.23. The first-order valence-electron chi connectivity index (χ1n) is 10.1. The largest absolute Gasteiger partial charge is 0.370 e. The van der Waals surface area contributed by atoms with Gasteiger partial charge in [-0.05, 0) is 37.0 Å². The number of rotatable bonds is 10. The van der Waals surface area contributed by atoms with Crippen LogP contribution in [0, 0.1) is 5.92 Å². The van der Waals surface area contributed by atoms with Gasteiger partial charge in [0.1, 0.15) is 6.61 Å². The molecule has 1 heterocycles. The summed E-state index contributed by atoms with van der Waals surface area (Å²) in [5.74, 6) is -2.55. The molecule has 1 aliphatic carbocycles. The minimum atomic E-state index is -3.02. The smallest absolute Gasteiger partial charge is 0.265 e. The summed E-state index contributed by atoms with van der Waals surface area (Å²) in [6.07, 6.45) is -4.27. The Morgan fingerprint density at radius 3 is 2.53 bits per heavy atom. The van der Waals surface area contributed by atoms with Crippen molar-refractivity contribution in [1.29, 1.82) is 0 Å². The molecule has 2 aliphatic rings. The van der Waals surface area contributed by atoms with Gasteiger partial charge in [-0.25, -0.2) is 17.6 Å². The fourth-order valence-corrected chi connectivity index (χ4v) is 3.57. The van der Waals surface area contributed by atoms with E-state index >= 15 is 0 Å². The Bertz CT molecular complexity index is 862. The van der Waals surface area contributed by atoms with E-state index in [0.29, 0.717) is 0 Å². The van der Waals surface area contributed by atoms with Gasteiger partial charge < -0.3 is 20.7 Å². The molecule has 1 aromatic rings. The standard InChI is InChI=1S/C20H24F4N4O4/c21-15(22)9-27(8-11-1-2-11)17(19(25)30)20(31)26-14-4-3-12(7-13(14)18(23)24)28-5-6-32-10-16(28)29/h3-4,7,11,15,17-18H,1-2,5-6,8-10H2,(H2,25,30)(H,26,31)/t17-/m1/s1. The Hall–Kier alpha value is -2.73. The zero-order chi connectivity index (χ0) is 23.4. The number of nitrogens with two attached hydrogens (primary N) is 1. The second kappa shape index (κ2) is 10.3. The first kappa shape index (κ1) is 23.9. The fourth-order valence-electron chi connectivity index (χ4n) is 3.57. The highest BCUT2D eigenvalue weighted by Gasteiger charge is 2.37. The predicted molar refractivity (Wildman–Crippen MR) is 106 cm³/mol. The lowest BCUT2D eigenvalue weighted by Crippen LogP contribution is -2.54. The first-order chi connectivity index (χ1) is 15.2. The topological polar surface area (TPSA) is 105 Å². The molecule has 0 aromatic heterocycles. The lowest BCUT2D eigenvalue weighted by molar-refractivity contribution is -0.133. The van der Waals surface area contributed by atoms with Crippen LogP contribution >= 0.6 is 0 Å². The normalized spacial score (nSPS) is 17.8. The average molecular weight is 460 g/mol. The third kappa shape index (κ3) is 5.94. The Morgan fingerprint density at radius 1 is 1.25 bits per heavy atom. The van der Waals surface area contributed by atoms with Gasteiger partial charge in [0, 0.05) is 30.0 Å². The number of halogens is 4. The number of morpholine rings is 1. The molecular formula is C20H24F4N4O4. The second-order valence-electron chi connectivity index (χ2n) is 7.75. The van der Waals surface area contributed by atoms with Crippen LogP contribution in [-0.2, 0) is 19.1 Å². The number of anilines is 2. The number of nitrogens with zero attached hydrogens (tertiary/aromatic N) is 2. The summed E-state index contributed by atoms with van der Waals surface area (Å²) in [4.78, 5) is 39.0. The molecule has 1 atom stereocenters. The van der Waals surface area contributed by atoms with Gasteiger partial charge in [-0.15, -0.1) is 0 Å². The lowest BCUT2D eigenvalue weighted by atomic mass is 10.1. The lowest BCUT2D eigenvalue weighted by Gasteiger charge is -2.29. The highest BCUT2D eigenvalue weighted by molar-refractivity contribution is 6.10. The van der Waals surface area contributed by atoms with Gasteiger partial charge >= 0.3 is 0 Å². The van der Waals surface area contributed by atoms with Gasteiger partial charge in [-0.2, -0.15) is 0 Å². The summed E-state index contributed by atoms with van der Waals surface area (Å²) < 4.78 is 58.5. The van der Waals surface area contributed by atoms with Crippen molar-refractivity contribution < 1.29 is 36.7 Å². The summed E-state index contributed by atoms with van der Waals surface area (Å²) in [6, 6.07) is 1.86. The maximum Gasteiger partial charge on any atom is 0.265 e. The monoisotopic (exact) mass is 460 g/mol. The molecule has 1 saturated heterocycles. The number of ether oxygens (including phenoxy) is 1. The van der Waals surface area contributed by atoms with Gasteiger partial charge in [0.2, 0.25) is 5.91 Å². The third-order valence-corrected chi connectivity index (χ3v) is 5.27. The van der Waals surface area contributed by atoms with Gasteiger partial charge in [-0.3, -0.25) is 19.3 Å². The van der Waals surface area contributed by atoms with E-state index in [9.17, 15) is 31.9 Å². The molecule has 3 amide bonds. The third-order valence-electron chi connectivity index (χ3n) is 5.27. The van der Waals surface area contributed by atoms with E-state index in [1.807, 2.05) is 0 Å².